The molecule has 4 rings (SSSR count). The number of benzene rings is 1. The number of hydrogen-bond acceptors (Lipinski definition) is 8. The van der Waals surface area contributed by atoms with Crippen LogP contribution in [-0.4, -0.2) is 42.3 Å². The molecule has 0 amide bonds. The van der Waals surface area contributed by atoms with E-state index in [9.17, 15) is 14.7 Å². The maximum atomic E-state index is 12.9. The van der Waals surface area contributed by atoms with Gasteiger partial charge in [-0.15, -0.1) is 0 Å². The van der Waals surface area contributed by atoms with Gasteiger partial charge in [-0.1, -0.05) is 30.3 Å². The number of carbonyl (C=O) groups is 2. The number of anilines is 1. The van der Waals surface area contributed by atoms with Gasteiger partial charge in [-0.25, -0.2) is 9.59 Å². The van der Waals surface area contributed by atoms with Crippen molar-refractivity contribution in [2.24, 2.45) is 0 Å². The van der Waals surface area contributed by atoms with Gasteiger partial charge in [0.25, 0.3) is 0 Å². The minimum Gasteiger partial charge on any atom is -0.465 e. The smallest absolute Gasteiger partial charge is 0.374 e. The number of pyridine rings is 1. The van der Waals surface area contributed by atoms with Crippen LogP contribution >= 0.6 is 0 Å². The van der Waals surface area contributed by atoms with E-state index in [1.807, 2.05) is 36.9 Å². The fraction of sp³-hybridized carbons (Fsp3) is 0.292. The van der Waals surface area contributed by atoms with Crippen molar-refractivity contribution in [3.8, 4) is 11.3 Å². The highest BCUT2D eigenvalue weighted by Gasteiger charge is 2.44. The summed E-state index contributed by atoms with van der Waals surface area (Å²) >= 11 is 0. The van der Waals surface area contributed by atoms with Crippen LogP contribution in [0, 0.1) is 0 Å². The first-order chi connectivity index (χ1) is 15.4. The van der Waals surface area contributed by atoms with Gasteiger partial charge in [-0.3, -0.25) is 4.98 Å². The summed E-state index contributed by atoms with van der Waals surface area (Å²) in [6.45, 7) is 3.85. The van der Waals surface area contributed by atoms with Crippen LogP contribution < -0.4 is 4.90 Å². The molecule has 0 saturated carbocycles. The Bertz CT molecular complexity index is 1150. The second kappa shape index (κ2) is 8.47. The van der Waals surface area contributed by atoms with Crippen molar-refractivity contribution in [3.63, 3.8) is 0 Å². The monoisotopic (exact) mass is 436 g/mol. The number of furan rings is 1. The van der Waals surface area contributed by atoms with Gasteiger partial charge in [0.1, 0.15) is 23.4 Å². The van der Waals surface area contributed by atoms with E-state index in [1.54, 1.807) is 30.5 Å². The van der Waals surface area contributed by atoms with Crippen LogP contribution in [0.3, 0.4) is 0 Å². The van der Waals surface area contributed by atoms with E-state index < -0.39 is 24.1 Å². The molecular weight excluding hydrogens is 412 g/mol. The first-order valence-corrected chi connectivity index (χ1v) is 10.2. The van der Waals surface area contributed by atoms with Crippen molar-refractivity contribution in [3.05, 3.63) is 71.2 Å². The molecule has 0 aliphatic carbocycles. The molecule has 3 heterocycles. The average molecular weight is 436 g/mol. The fourth-order valence-electron chi connectivity index (χ4n) is 4.24. The number of aliphatic hydroxyl groups is 1. The SMILES string of the molecule is COC(=O)c1oc2c(c1C(=O)OC)N(C(C)C)[C@H](c1ccccn1)[C@H](O)c1ccccc1-2. The van der Waals surface area contributed by atoms with Crippen LogP contribution in [0.15, 0.2) is 53.1 Å². The molecule has 1 N–H and O–H groups in total. The zero-order valence-electron chi connectivity index (χ0n) is 18.2. The van der Waals surface area contributed by atoms with E-state index >= 15 is 0 Å². The number of carbonyl (C=O) groups excluding carboxylic acids is 2. The second-order valence-electron chi connectivity index (χ2n) is 7.70. The molecule has 0 fully saturated rings. The van der Waals surface area contributed by atoms with Crippen LogP contribution in [0.25, 0.3) is 11.3 Å². The molecule has 0 saturated heterocycles. The molecule has 32 heavy (non-hydrogen) atoms. The Morgan fingerprint density at radius 1 is 1.06 bits per heavy atom. The minimum absolute atomic E-state index is 0.0483. The van der Waals surface area contributed by atoms with Crippen LogP contribution in [0.4, 0.5) is 5.69 Å². The van der Waals surface area contributed by atoms with Crippen LogP contribution in [0.5, 0.6) is 0 Å². The number of rotatable bonds is 4. The lowest BCUT2D eigenvalue weighted by Gasteiger charge is -2.37. The van der Waals surface area contributed by atoms with Crippen LogP contribution in [0.2, 0.25) is 0 Å². The normalized spacial score (nSPS) is 17.4. The molecule has 1 aliphatic rings. The van der Waals surface area contributed by atoms with Gasteiger partial charge >= 0.3 is 11.9 Å². The summed E-state index contributed by atoms with van der Waals surface area (Å²) < 4.78 is 15.9. The minimum atomic E-state index is -0.988. The Labute approximate surface area is 185 Å². The molecule has 0 bridgehead atoms. The first-order valence-electron chi connectivity index (χ1n) is 10.2. The van der Waals surface area contributed by atoms with Gasteiger partial charge in [0.15, 0.2) is 5.76 Å². The van der Waals surface area contributed by atoms with E-state index in [0.29, 0.717) is 22.5 Å². The largest absolute Gasteiger partial charge is 0.465 e. The number of methoxy groups -OCH3 is 2. The Morgan fingerprint density at radius 2 is 1.75 bits per heavy atom. The third-order valence-electron chi connectivity index (χ3n) is 5.57. The van der Waals surface area contributed by atoms with E-state index in [4.69, 9.17) is 13.9 Å². The molecule has 1 aromatic carbocycles. The Hall–Kier alpha value is -3.65. The number of hydrogen-bond donors (Lipinski definition) is 1. The van der Waals surface area contributed by atoms with Gasteiger partial charge in [0.05, 0.1) is 19.9 Å². The Kier molecular flexibility index (Phi) is 5.71. The molecule has 2 aromatic heterocycles. The van der Waals surface area contributed by atoms with E-state index in [-0.39, 0.29) is 23.1 Å². The van der Waals surface area contributed by atoms with Crippen molar-refractivity contribution >= 4 is 17.6 Å². The predicted molar refractivity (Wildman–Crippen MR) is 116 cm³/mol. The number of ether oxygens (including phenoxy) is 2. The maximum Gasteiger partial charge on any atom is 0.374 e. The first kappa shape index (κ1) is 21.6. The van der Waals surface area contributed by atoms with Crippen LogP contribution in [0.1, 0.15) is 58.2 Å². The molecule has 0 unspecified atom stereocenters. The van der Waals surface area contributed by atoms with Gasteiger partial charge in [-0.05, 0) is 31.5 Å². The molecular formula is C24H24N2O6. The lowest BCUT2D eigenvalue weighted by Crippen LogP contribution is -2.39. The van der Waals surface area contributed by atoms with E-state index in [2.05, 4.69) is 4.98 Å². The lowest BCUT2D eigenvalue weighted by molar-refractivity contribution is 0.0529. The summed E-state index contributed by atoms with van der Waals surface area (Å²) in [5.41, 5.74) is 2.07. The number of fused-ring (bicyclic) bond motifs is 3. The zero-order chi connectivity index (χ0) is 23.0. The number of nitrogens with zero attached hydrogens (tertiary/aromatic N) is 2. The van der Waals surface area contributed by atoms with Crippen LogP contribution in [-0.2, 0) is 9.47 Å². The topological polar surface area (TPSA) is 102 Å². The lowest BCUT2D eigenvalue weighted by atomic mass is 9.95. The van der Waals surface area contributed by atoms with Crippen molar-refractivity contribution in [2.45, 2.75) is 32.0 Å². The third kappa shape index (κ3) is 3.33. The van der Waals surface area contributed by atoms with E-state index in [1.165, 1.54) is 14.2 Å². The summed E-state index contributed by atoms with van der Waals surface area (Å²) in [6.07, 6.45) is 0.660. The van der Waals surface area contributed by atoms with Gasteiger partial charge in [0.2, 0.25) is 5.76 Å². The van der Waals surface area contributed by atoms with Gasteiger partial charge in [-0.2, -0.15) is 0 Å². The average Bonchev–Trinajstić information content (AvgIpc) is 3.16. The zero-order valence-corrected chi connectivity index (χ0v) is 18.2. The summed E-state index contributed by atoms with van der Waals surface area (Å²) in [5, 5.41) is 11.5. The Morgan fingerprint density at radius 3 is 2.38 bits per heavy atom. The second-order valence-corrected chi connectivity index (χ2v) is 7.70. The molecule has 0 spiro atoms. The summed E-state index contributed by atoms with van der Waals surface area (Å²) in [7, 11) is 2.45. The standard InChI is InChI=1S/C24H24N2O6/c1-13(2)26-18(16-11-7-8-12-25-16)20(27)14-9-5-6-10-15(14)21-19(26)17(23(28)30-3)22(32-21)24(29)31-4/h5-13,18,20,27H,1-4H3/t18-,20-/m1/s1. The number of esters is 2. The summed E-state index contributed by atoms with van der Waals surface area (Å²) in [5.74, 6) is -1.50. The Balaban J connectivity index is 2.13. The summed E-state index contributed by atoms with van der Waals surface area (Å²) in [6, 6.07) is 11.8. The van der Waals surface area contributed by atoms with Crippen molar-refractivity contribution < 1.29 is 28.6 Å². The highest BCUT2D eigenvalue weighted by atomic mass is 16.5. The highest BCUT2D eigenvalue weighted by Crippen LogP contribution is 2.51. The number of aromatic nitrogens is 1. The van der Waals surface area contributed by atoms with Gasteiger partial charge in [0, 0.05) is 17.8 Å². The molecule has 8 nitrogen and oxygen atoms in total. The van der Waals surface area contributed by atoms with Crippen molar-refractivity contribution in [1.82, 2.24) is 4.98 Å². The highest BCUT2D eigenvalue weighted by molar-refractivity contribution is 6.09. The number of aliphatic hydroxyl groups excluding tert-OH is 1. The molecule has 0 radical (unpaired) electrons. The molecule has 2 atom stereocenters. The van der Waals surface area contributed by atoms with Gasteiger partial charge < -0.3 is 23.9 Å². The maximum absolute atomic E-state index is 12.9. The molecule has 8 heteroatoms. The summed E-state index contributed by atoms with van der Waals surface area (Å²) in [4.78, 5) is 31.8. The van der Waals surface area contributed by atoms with E-state index in [0.717, 1.165) is 0 Å². The van der Waals surface area contributed by atoms with Crippen molar-refractivity contribution in [1.29, 1.82) is 0 Å². The fourth-order valence-corrected chi connectivity index (χ4v) is 4.24. The molecule has 166 valence electrons. The predicted octanol–water partition coefficient (Wildman–Crippen LogP) is 3.92. The van der Waals surface area contributed by atoms with Crippen molar-refractivity contribution in [2.75, 3.05) is 19.1 Å². The quantitative estimate of drug-likeness (QED) is 0.614. The molecule has 1 aliphatic heterocycles. The third-order valence-corrected chi connectivity index (χ3v) is 5.57. The molecule has 3 aromatic rings.